The molecule has 2 aromatic carbocycles. The number of aliphatic hydroxyl groups is 1. The van der Waals surface area contributed by atoms with E-state index in [2.05, 4.69) is 10.6 Å². The molecule has 3 N–H and O–H groups in total. The highest BCUT2D eigenvalue weighted by Gasteiger charge is 2.27. The van der Waals surface area contributed by atoms with Gasteiger partial charge in [0.05, 0.1) is 19.3 Å². The zero-order valence-electron chi connectivity index (χ0n) is 14.8. The molecule has 138 valence electrons. The van der Waals surface area contributed by atoms with E-state index in [-0.39, 0.29) is 11.9 Å². The highest BCUT2D eigenvalue weighted by Crippen LogP contribution is 2.28. The zero-order chi connectivity index (χ0) is 18.4. The Hall–Kier alpha value is -2.57. The van der Waals surface area contributed by atoms with Gasteiger partial charge in [0.15, 0.2) is 11.5 Å². The average molecular weight is 356 g/mol. The fourth-order valence-corrected chi connectivity index (χ4v) is 2.91. The summed E-state index contributed by atoms with van der Waals surface area (Å²) < 4.78 is 11.2. The van der Waals surface area contributed by atoms with Crippen LogP contribution in [0.5, 0.6) is 11.5 Å². The van der Waals surface area contributed by atoms with E-state index in [1.807, 2.05) is 48.5 Å². The minimum Gasteiger partial charge on any atom is -0.493 e. The Bertz CT molecular complexity index is 736. The van der Waals surface area contributed by atoms with Gasteiger partial charge < -0.3 is 25.2 Å². The first kappa shape index (κ1) is 18.2. The molecular formula is C20H24N2O4. The maximum Gasteiger partial charge on any atom is 0.237 e. The standard InChI is InChI=1S/C20H24N2O4/c1-25-19-9-15(11-22-20(24)17-10-16(23)12-21-17)7-8-18(19)26-13-14-5-3-2-4-6-14/h2-9,16-17,21,23H,10-13H2,1H3,(H,22,24)/t16-,17+/m1/s1. The Kier molecular flexibility index (Phi) is 6.09. The predicted octanol–water partition coefficient (Wildman–Crippen LogP) is 1.61. The maximum atomic E-state index is 12.1. The number of β-amino-alcohol motifs (C(OH)–C–C–N with tert-alkyl or cyclic N) is 1. The molecule has 0 spiro atoms. The zero-order valence-corrected chi connectivity index (χ0v) is 14.8. The van der Waals surface area contributed by atoms with E-state index in [9.17, 15) is 9.90 Å². The summed E-state index contributed by atoms with van der Waals surface area (Å²) in [5.74, 6) is 1.18. The van der Waals surface area contributed by atoms with Crippen LogP contribution in [0.15, 0.2) is 48.5 Å². The summed E-state index contributed by atoms with van der Waals surface area (Å²) in [6, 6.07) is 15.2. The Labute approximate surface area is 153 Å². The van der Waals surface area contributed by atoms with Crippen LogP contribution < -0.4 is 20.1 Å². The van der Waals surface area contributed by atoms with Crippen molar-refractivity contribution in [3.8, 4) is 11.5 Å². The fourth-order valence-electron chi connectivity index (χ4n) is 2.91. The number of nitrogens with one attached hydrogen (secondary N) is 2. The van der Waals surface area contributed by atoms with Crippen LogP contribution in [-0.2, 0) is 17.9 Å². The van der Waals surface area contributed by atoms with Crippen molar-refractivity contribution in [3.63, 3.8) is 0 Å². The third-order valence-corrected chi connectivity index (χ3v) is 4.36. The molecule has 0 bridgehead atoms. The molecule has 1 heterocycles. The Balaban J connectivity index is 1.56. The molecule has 2 aromatic rings. The third kappa shape index (κ3) is 4.74. The van der Waals surface area contributed by atoms with Crippen molar-refractivity contribution in [2.75, 3.05) is 13.7 Å². The normalized spacial score (nSPS) is 19.2. The third-order valence-electron chi connectivity index (χ3n) is 4.36. The van der Waals surface area contributed by atoms with Gasteiger partial charge >= 0.3 is 0 Å². The van der Waals surface area contributed by atoms with E-state index in [1.54, 1.807) is 7.11 Å². The number of hydrogen-bond donors (Lipinski definition) is 3. The summed E-state index contributed by atoms with van der Waals surface area (Å²) in [6.45, 7) is 1.31. The van der Waals surface area contributed by atoms with Crippen LogP contribution in [0.3, 0.4) is 0 Å². The first-order chi connectivity index (χ1) is 12.7. The van der Waals surface area contributed by atoms with Crippen molar-refractivity contribution >= 4 is 5.91 Å². The van der Waals surface area contributed by atoms with E-state index in [0.29, 0.717) is 37.6 Å². The number of benzene rings is 2. The molecule has 1 amide bonds. The molecule has 1 aliphatic rings. The van der Waals surface area contributed by atoms with Crippen molar-refractivity contribution in [1.29, 1.82) is 0 Å². The van der Waals surface area contributed by atoms with E-state index in [1.165, 1.54) is 0 Å². The summed E-state index contributed by atoms with van der Waals surface area (Å²) in [6.07, 6.45) is -0.00610. The molecule has 0 saturated carbocycles. The number of carbonyl (C=O) groups is 1. The van der Waals surface area contributed by atoms with Crippen LogP contribution in [0.4, 0.5) is 0 Å². The molecule has 1 saturated heterocycles. The summed E-state index contributed by atoms with van der Waals surface area (Å²) >= 11 is 0. The van der Waals surface area contributed by atoms with Crippen molar-refractivity contribution in [1.82, 2.24) is 10.6 Å². The second-order valence-corrected chi connectivity index (χ2v) is 6.33. The molecule has 0 unspecified atom stereocenters. The maximum absolute atomic E-state index is 12.1. The van der Waals surface area contributed by atoms with Gasteiger partial charge in [0.2, 0.25) is 5.91 Å². The van der Waals surface area contributed by atoms with Crippen molar-refractivity contribution < 1.29 is 19.4 Å². The molecule has 3 rings (SSSR count). The first-order valence-corrected chi connectivity index (χ1v) is 8.68. The van der Waals surface area contributed by atoms with Gasteiger partial charge in [-0.1, -0.05) is 36.4 Å². The summed E-state index contributed by atoms with van der Waals surface area (Å²) in [7, 11) is 1.59. The lowest BCUT2D eigenvalue weighted by Gasteiger charge is -2.14. The number of ether oxygens (including phenoxy) is 2. The molecule has 1 fully saturated rings. The molecule has 6 nitrogen and oxygen atoms in total. The number of hydrogen-bond acceptors (Lipinski definition) is 5. The highest BCUT2D eigenvalue weighted by atomic mass is 16.5. The Morgan fingerprint density at radius 1 is 1.19 bits per heavy atom. The molecule has 2 atom stereocenters. The molecule has 1 aliphatic heterocycles. The smallest absolute Gasteiger partial charge is 0.237 e. The number of aliphatic hydroxyl groups excluding tert-OH is 1. The second-order valence-electron chi connectivity index (χ2n) is 6.33. The van der Waals surface area contributed by atoms with E-state index in [0.717, 1.165) is 11.1 Å². The molecule has 0 aromatic heterocycles. The van der Waals surface area contributed by atoms with Gasteiger partial charge in [-0.2, -0.15) is 0 Å². The topological polar surface area (TPSA) is 79.8 Å². The lowest BCUT2D eigenvalue weighted by molar-refractivity contribution is -0.123. The minimum absolute atomic E-state index is 0.107. The van der Waals surface area contributed by atoms with Gasteiger partial charge in [-0.15, -0.1) is 0 Å². The SMILES string of the molecule is COc1cc(CNC(=O)[C@@H]2C[C@@H](O)CN2)ccc1OCc1ccccc1. The van der Waals surface area contributed by atoms with Gasteiger partial charge in [-0.05, 0) is 29.7 Å². The number of methoxy groups -OCH3 is 1. The average Bonchev–Trinajstić information content (AvgIpc) is 3.12. The first-order valence-electron chi connectivity index (χ1n) is 8.68. The van der Waals surface area contributed by atoms with Crippen molar-refractivity contribution in [3.05, 3.63) is 59.7 Å². The molecule has 6 heteroatoms. The van der Waals surface area contributed by atoms with E-state index >= 15 is 0 Å². The van der Waals surface area contributed by atoms with Crippen LogP contribution in [0.25, 0.3) is 0 Å². The minimum atomic E-state index is -0.452. The van der Waals surface area contributed by atoms with Crippen LogP contribution in [-0.4, -0.2) is 36.8 Å². The Morgan fingerprint density at radius 3 is 2.69 bits per heavy atom. The van der Waals surface area contributed by atoms with E-state index in [4.69, 9.17) is 9.47 Å². The lowest BCUT2D eigenvalue weighted by atomic mass is 10.1. The quantitative estimate of drug-likeness (QED) is 0.702. The summed E-state index contributed by atoms with van der Waals surface area (Å²) in [5, 5.41) is 15.4. The number of carbonyl (C=O) groups excluding carboxylic acids is 1. The van der Waals surface area contributed by atoms with Gasteiger partial charge in [0, 0.05) is 13.1 Å². The fraction of sp³-hybridized carbons (Fsp3) is 0.350. The van der Waals surface area contributed by atoms with Crippen LogP contribution in [0, 0.1) is 0 Å². The van der Waals surface area contributed by atoms with E-state index < -0.39 is 6.10 Å². The van der Waals surface area contributed by atoms with Crippen LogP contribution in [0.2, 0.25) is 0 Å². The van der Waals surface area contributed by atoms with Crippen LogP contribution in [0.1, 0.15) is 17.5 Å². The van der Waals surface area contributed by atoms with Gasteiger partial charge in [-0.25, -0.2) is 0 Å². The van der Waals surface area contributed by atoms with Gasteiger partial charge in [-0.3, -0.25) is 4.79 Å². The highest BCUT2D eigenvalue weighted by molar-refractivity contribution is 5.82. The second kappa shape index (κ2) is 8.69. The van der Waals surface area contributed by atoms with Crippen molar-refractivity contribution in [2.24, 2.45) is 0 Å². The van der Waals surface area contributed by atoms with Gasteiger partial charge in [0.25, 0.3) is 0 Å². The molecule has 0 radical (unpaired) electrons. The van der Waals surface area contributed by atoms with Crippen LogP contribution >= 0.6 is 0 Å². The summed E-state index contributed by atoms with van der Waals surface area (Å²) in [4.78, 5) is 12.1. The Morgan fingerprint density at radius 2 is 2.00 bits per heavy atom. The summed E-state index contributed by atoms with van der Waals surface area (Å²) in [5.41, 5.74) is 2.00. The lowest BCUT2D eigenvalue weighted by Crippen LogP contribution is -2.40. The largest absolute Gasteiger partial charge is 0.493 e. The van der Waals surface area contributed by atoms with Gasteiger partial charge in [0.1, 0.15) is 6.61 Å². The monoisotopic (exact) mass is 356 g/mol. The predicted molar refractivity (Wildman–Crippen MR) is 98.0 cm³/mol. The molecule has 0 aliphatic carbocycles. The molecule has 26 heavy (non-hydrogen) atoms. The molecular weight excluding hydrogens is 332 g/mol. The number of amides is 1. The number of rotatable bonds is 7. The van der Waals surface area contributed by atoms with Crippen molar-refractivity contribution in [2.45, 2.75) is 31.7 Å².